The van der Waals surface area contributed by atoms with Crippen molar-refractivity contribution in [2.45, 2.75) is 26.9 Å². The molecule has 154 valence electrons. The van der Waals surface area contributed by atoms with Crippen LogP contribution in [0.15, 0.2) is 48.9 Å². The number of nitrogens with one attached hydrogen (secondary N) is 2. The van der Waals surface area contributed by atoms with Crippen molar-refractivity contribution in [3.05, 3.63) is 54.5 Å². The van der Waals surface area contributed by atoms with Crippen molar-refractivity contribution in [3.8, 4) is 22.9 Å². The van der Waals surface area contributed by atoms with Crippen LogP contribution in [0.3, 0.4) is 0 Å². The molecule has 0 unspecified atom stereocenters. The fourth-order valence-corrected chi connectivity index (χ4v) is 2.91. The van der Waals surface area contributed by atoms with Crippen LogP contribution in [0.25, 0.3) is 16.6 Å². The molecular formula is C22H24N6O2. The molecule has 2 N–H and O–H groups in total. The highest BCUT2D eigenvalue weighted by Gasteiger charge is 2.14. The molecule has 0 radical (unpaired) electrons. The summed E-state index contributed by atoms with van der Waals surface area (Å²) in [7, 11) is 0. The molecule has 3 aromatic heterocycles. The minimum atomic E-state index is -0.165. The van der Waals surface area contributed by atoms with E-state index >= 15 is 0 Å². The molecule has 8 nitrogen and oxygen atoms in total. The minimum Gasteiger partial charge on any atom is -0.489 e. The number of carbonyl (C=O) groups is 1. The predicted octanol–water partition coefficient (Wildman–Crippen LogP) is 3.16. The standard InChI is InChI=1S/C22H24N6O2/c1-14(2)22(29)25-8-7-24-20-6-5-16(11-26-20)19-9-18(30-15(3)4)13-28-21(19)17(10-23)12-27-28/h5-6,9,11-13,15H,1,7-8H2,2-4H3,(H,24,26)(H,25,29). The van der Waals surface area contributed by atoms with Crippen molar-refractivity contribution in [2.24, 2.45) is 0 Å². The van der Waals surface area contributed by atoms with Crippen LogP contribution in [0, 0.1) is 11.3 Å². The van der Waals surface area contributed by atoms with Crippen molar-refractivity contribution < 1.29 is 9.53 Å². The van der Waals surface area contributed by atoms with Crippen LogP contribution in [0.5, 0.6) is 5.75 Å². The Morgan fingerprint density at radius 2 is 2.13 bits per heavy atom. The van der Waals surface area contributed by atoms with Crippen molar-refractivity contribution in [3.63, 3.8) is 0 Å². The molecule has 0 aliphatic rings. The third-order valence-corrected chi connectivity index (χ3v) is 4.26. The van der Waals surface area contributed by atoms with E-state index < -0.39 is 0 Å². The van der Waals surface area contributed by atoms with E-state index in [4.69, 9.17) is 4.74 Å². The van der Waals surface area contributed by atoms with E-state index in [1.54, 1.807) is 30.0 Å². The second kappa shape index (κ2) is 9.09. The summed E-state index contributed by atoms with van der Waals surface area (Å²) in [5.74, 6) is 1.18. The summed E-state index contributed by atoms with van der Waals surface area (Å²) >= 11 is 0. The van der Waals surface area contributed by atoms with E-state index in [1.165, 1.54) is 0 Å². The molecular weight excluding hydrogens is 380 g/mol. The summed E-state index contributed by atoms with van der Waals surface area (Å²) in [6.45, 7) is 10.2. The maximum Gasteiger partial charge on any atom is 0.246 e. The van der Waals surface area contributed by atoms with Crippen LogP contribution in [0.1, 0.15) is 26.3 Å². The molecule has 0 aromatic carbocycles. The molecule has 8 heteroatoms. The average molecular weight is 404 g/mol. The molecule has 0 saturated carbocycles. The minimum absolute atomic E-state index is 0.0105. The number of nitriles is 1. The lowest BCUT2D eigenvalue weighted by Gasteiger charge is -2.13. The Kier molecular flexibility index (Phi) is 6.32. The van der Waals surface area contributed by atoms with Gasteiger partial charge in [0.05, 0.1) is 29.6 Å². The first-order valence-electron chi connectivity index (χ1n) is 9.61. The van der Waals surface area contributed by atoms with Crippen LogP contribution < -0.4 is 15.4 Å². The topological polar surface area (TPSA) is 104 Å². The first kappa shape index (κ1) is 20.9. The molecule has 0 bridgehead atoms. The van der Waals surface area contributed by atoms with Crippen LogP contribution in [-0.4, -0.2) is 39.7 Å². The summed E-state index contributed by atoms with van der Waals surface area (Å²) in [6.07, 6.45) is 5.05. The number of anilines is 1. The first-order chi connectivity index (χ1) is 14.4. The Labute approximate surface area is 175 Å². The summed E-state index contributed by atoms with van der Waals surface area (Å²) < 4.78 is 7.49. The smallest absolute Gasteiger partial charge is 0.246 e. The van der Waals surface area contributed by atoms with Gasteiger partial charge < -0.3 is 15.4 Å². The van der Waals surface area contributed by atoms with Gasteiger partial charge in [-0.2, -0.15) is 10.4 Å². The van der Waals surface area contributed by atoms with Gasteiger partial charge in [0.15, 0.2) is 0 Å². The molecule has 0 aliphatic heterocycles. The number of ether oxygens (including phenoxy) is 1. The zero-order valence-electron chi connectivity index (χ0n) is 17.3. The predicted molar refractivity (Wildman–Crippen MR) is 115 cm³/mol. The number of carbonyl (C=O) groups excluding carboxylic acids is 1. The number of fused-ring (bicyclic) bond motifs is 1. The zero-order valence-corrected chi connectivity index (χ0v) is 17.3. The van der Waals surface area contributed by atoms with Gasteiger partial charge in [0.25, 0.3) is 0 Å². The molecule has 1 amide bonds. The Morgan fingerprint density at radius 1 is 1.33 bits per heavy atom. The molecule has 3 aromatic rings. The quantitative estimate of drug-likeness (QED) is 0.441. The SMILES string of the molecule is C=C(C)C(=O)NCCNc1ccc(-c2cc(OC(C)C)cn3ncc(C#N)c23)cn1. The second-order valence-electron chi connectivity index (χ2n) is 7.11. The molecule has 3 rings (SSSR count). The molecule has 30 heavy (non-hydrogen) atoms. The largest absolute Gasteiger partial charge is 0.489 e. The monoisotopic (exact) mass is 404 g/mol. The Hall–Kier alpha value is -3.86. The van der Waals surface area contributed by atoms with Gasteiger partial charge in [0, 0.05) is 36.0 Å². The van der Waals surface area contributed by atoms with Gasteiger partial charge in [-0.15, -0.1) is 0 Å². The maximum absolute atomic E-state index is 11.5. The molecule has 0 spiro atoms. The van der Waals surface area contributed by atoms with Gasteiger partial charge in [-0.05, 0) is 39.0 Å². The van der Waals surface area contributed by atoms with Crippen molar-refractivity contribution in [1.82, 2.24) is 19.9 Å². The highest BCUT2D eigenvalue weighted by atomic mass is 16.5. The van der Waals surface area contributed by atoms with Gasteiger partial charge in [-0.25, -0.2) is 9.50 Å². The number of nitrogens with zero attached hydrogens (tertiary/aromatic N) is 4. The van der Waals surface area contributed by atoms with Gasteiger partial charge in [0.1, 0.15) is 17.6 Å². The summed E-state index contributed by atoms with van der Waals surface area (Å²) in [5, 5.41) is 19.6. The third-order valence-electron chi connectivity index (χ3n) is 4.26. The molecule has 0 fully saturated rings. The Bertz CT molecular complexity index is 1110. The lowest BCUT2D eigenvalue weighted by atomic mass is 10.1. The van der Waals surface area contributed by atoms with E-state index in [0.29, 0.717) is 41.3 Å². The molecule has 0 aliphatic carbocycles. The number of pyridine rings is 2. The van der Waals surface area contributed by atoms with E-state index in [2.05, 4.69) is 33.4 Å². The van der Waals surface area contributed by atoms with Crippen LogP contribution in [0.2, 0.25) is 0 Å². The fraction of sp³-hybridized carbons (Fsp3) is 0.273. The van der Waals surface area contributed by atoms with Crippen molar-refractivity contribution in [2.75, 3.05) is 18.4 Å². The average Bonchev–Trinajstić information content (AvgIpc) is 3.13. The second-order valence-corrected chi connectivity index (χ2v) is 7.11. The van der Waals surface area contributed by atoms with Crippen LogP contribution >= 0.6 is 0 Å². The van der Waals surface area contributed by atoms with Gasteiger partial charge in [0.2, 0.25) is 5.91 Å². The third kappa shape index (κ3) is 4.75. The highest BCUT2D eigenvalue weighted by molar-refractivity contribution is 5.92. The normalized spacial score (nSPS) is 10.6. The van der Waals surface area contributed by atoms with E-state index in [9.17, 15) is 10.1 Å². The lowest BCUT2D eigenvalue weighted by molar-refractivity contribution is -0.117. The van der Waals surface area contributed by atoms with Crippen LogP contribution in [0.4, 0.5) is 5.82 Å². The van der Waals surface area contributed by atoms with Gasteiger partial charge in [-0.3, -0.25) is 4.79 Å². The summed E-state index contributed by atoms with van der Waals surface area (Å²) in [5.41, 5.74) is 3.32. The number of rotatable bonds is 8. The van der Waals surface area contributed by atoms with E-state index in [0.717, 1.165) is 11.1 Å². The summed E-state index contributed by atoms with van der Waals surface area (Å²) in [4.78, 5) is 15.9. The lowest BCUT2D eigenvalue weighted by Crippen LogP contribution is -2.29. The van der Waals surface area contributed by atoms with E-state index in [1.807, 2.05) is 32.0 Å². The van der Waals surface area contributed by atoms with Gasteiger partial charge in [-0.1, -0.05) is 6.58 Å². The number of hydrogen-bond donors (Lipinski definition) is 2. The highest BCUT2D eigenvalue weighted by Crippen LogP contribution is 2.31. The van der Waals surface area contributed by atoms with Crippen LogP contribution in [-0.2, 0) is 4.79 Å². The molecule has 0 atom stereocenters. The maximum atomic E-state index is 11.5. The zero-order chi connectivity index (χ0) is 21.7. The van der Waals surface area contributed by atoms with Crippen molar-refractivity contribution in [1.29, 1.82) is 5.26 Å². The Balaban J connectivity index is 1.81. The first-order valence-corrected chi connectivity index (χ1v) is 9.61. The van der Waals surface area contributed by atoms with Gasteiger partial charge >= 0.3 is 0 Å². The molecule has 0 saturated heterocycles. The molecule has 3 heterocycles. The Morgan fingerprint density at radius 3 is 2.77 bits per heavy atom. The van der Waals surface area contributed by atoms with E-state index in [-0.39, 0.29) is 12.0 Å². The summed E-state index contributed by atoms with van der Waals surface area (Å²) in [6, 6.07) is 7.86. The number of amides is 1. The number of aromatic nitrogens is 3. The number of hydrogen-bond acceptors (Lipinski definition) is 6. The fourth-order valence-electron chi connectivity index (χ4n) is 2.91. The van der Waals surface area contributed by atoms with Crippen molar-refractivity contribution >= 4 is 17.2 Å².